The average molecular weight is 484 g/mol. The van der Waals surface area contributed by atoms with Crippen molar-refractivity contribution in [1.29, 1.82) is 0 Å². The number of hydrogen-bond acceptors (Lipinski definition) is 6. The first-order valence-electron chi connectivity index (χ1n) is 12.4. The molecule has 3 aromatic rings. The summed E-state index contributed by atoms with van der Waals surface area (Å²) in [5, 5.41) is 16.5. The van der Waals surface area contributed by atoms with Crippen LogP contribution in [0.3, 0.4) is 0 Å². The largest absolute Gasteiger partial charge is 0.369 e. The number of nitrogens with one attached hydrogen (secondary N) is 1. The van der Waals surface area contributed by atoms with Gasteiger partial charge in [-0.25, -0.2) is 17.9 Å². The van der Waals surface area contributed by atoms with E-state index in [-0.39, 0.29) is 11.6 Å². The number of hydrogen-bond donors (Lipinski definition) is 1. The first-order valence-corrected chi connectivity index (χ1v) is 12.4. The molecule has 1 saturated heterocycles. The van der Waals surface area contributed by atoms with E-state index in [0.29, 0.717) is 36.6 Å². The molecule has 4 atom stereocenters. The third-order valence-electron chi connectivity index (χ3n) is 7.82. The van der Waals surface area contributed by atoms with E-state index < -0.39 is 23.4 Å². The second kappa shape index (κ2) is 8.80. The second-order valence-electron chi connectivity index (χ2n) is 10.1. The molecule has 2 bridgehead atoms. The minimum Gasteiger partial charge on any atom is -0.369 e. The smallest absolute Gasteiger partial charge is 0.242 e. The maximum Gasteiger partial charge on any atom is 0.242 e. The molecule has 10 heteroatoms. The van der Waals surface area contributed by atoms with E-state index in [1.54, 1.807) is 0 Å². The normalized spacial score (nSPS) is 25.9. The summed E-state index contributed by atoms with van der Waals surface area (Å²) in [6.07, 6.45) is 6.41. The van der Waals surface area contributed by atoms with Crippen molar-refractivity contribution in [2.24, 2.45) is 11.8 Å². The summed E-state index contributed by atoms with van der Waals surface area (Å²) in [7, 11) is 0. The molecular weight excluding hydrogens is 455 g/mol. The fraction of sp³-hybridized carbons (Fsp3) is 0.520. The van der Waals surface area contributed by atoms with Crippen LogP contribution in [0.1, 0.15) is 55.1 Å². The van der Waals surface area contributed by atoms with Gasteiger partial charge in [-0.3, -0.25) is 0 Å². The van der Waals surface area contributed by atoms with Crippen molar-refractivity contribution in [2.45, 2.75) is 57.5 Å². The van der Waals surface area contributed by atoms with Crippen molar-refractivity contribution in [2.75, 3.05) is 23.3 Å². The van der Waals surface area contributed by atoms with Gasteiger partial charge in [0.2, 0.25) is 5.95 Å². The number of aromatic nitrogens is 5. The molecule has 2 aromatic heterocycles. The Hall–Kier alpha value is -3.17. The van der Waals surface area contributed by atoms with E-state index >= 15 is 0 Å². The number of nitrogens with zero attached hydrogens (tertiary/aromatic N) is 6. The molecule has 6 rings (SSSR count). The standard InChI is InChI=1S/C25H28F3N7/c1-14-10-17(11-29-32-14)34-12-15-5-6-16(13-34)23(15)30-25-31-24-19(4-2-3-9-35(24)33-25)18-7-8-20(26)22(28)21(18)27/h7-8,10-11,15-16,19,23H,2-6,9,12-13H2,1H3,(H,30,33)/t15-,16?,19-,23-/m0/s1. The molecule has 4 heterocycles. The van der Waals surface area contributed by atoms with Crippen LogP contribution in [0.2, 0.25) is 0 Å². The molecule has 1 N–H and O–H groups in total. The van der Waals surface area contributed by atoms with E-state index in [4.69, 9.17) is 10.1 Å². The van der Waals surface area contributed by atoms with Crippen molar-refractivity contribution in [3.05, 3.63) is 58.9 Å². The highest BCUT2D eigenvalue weighted by Crippen LogP contribution is 2.40. The summed E-state index contributed by atoms with van der Waals surface area (Å²) in [6, 6.07) is 4.66. The summed E-state index contributed by atoms with van der Waals surface area (Å²) in [6.45, 7) is 4.48. The molecule has 1 unspecified atom stereocenters. The molecule has 7 nitrogen and oxygen atoms in total. The Labute approximate surface area is 201 Å². The summed E-state index contributed by atoms with van der Waals surface area (Å²) in [5.41, 5.74) is 2.16. The fourth-order valence-electron chi connectivity index (χ4n) is 6.13. The molecular formula is C25H28F3N7. The maximum absolute atomic E-state index is 14.7. The van der Waals surface area contributed by atoms with E-state index in [1.165, 1.54) is 6.07 Å². The molecule has 184 valence electrons. The Balaban J connectivity index is 1.24. The van der Waals surface area contributed by atoms with Crippen LogP contribution in [0.25, 0.3) is 0 Å². The van der Waals surface area contributed by atoms with E-state index in [0.717, 1.165) is 56.2 Å². The Bertz CT molecular complexity index is 1230. The molecule has 2 aliphatic heterocycles. The lowest BCUT2D eigenvalue weighted by Crippen LogP contribution is -2.48. The predicted molar refractivity (Wildman–Crippen MR) is 125 cm³/mol. The van der Waals surface area contributed by atoms with Crippen LogP contribution in [0.15, 0.2) is 24.4 Å². The van der Waals surface area contributed by atoms with Gasteiger partial charge in [0.15, 0.2) is 17.5 Å². The summed E-state index contributed by atoms with van der Waals surface area (Å²) in [4.78, 5) is 7.16. The van der Waals surface area contributed by atoms with Gasteiger partial charge in [0.1, 0.15) is 5.82 Å². The van der Waals surface area contributed by atoms with E-state index in [2.05, 4.69) is 26.5 Å². The lowest BCUT2D eigenvalue weighted by atomic mass is 9.92. The van der Waals surface area contributed by atoms with Gasteiger partial charge >= 0.3 is 0 Å². The van der Waals surface area contributed by atoms with Crippen LogP contribution in [0.4, 0.5) is 24.8 Å². The summed E-state index contributed by atoms with van der Waals surface area (Å²) >= 11 is 0. The van der Waals surface area contributed by atoms with Gasteiger partial charge in [-0.2, -0.15) is 15.2 Å². The van der Waals surface area contributed by atoms with Crippen molar-refractivity contribution in [3.63, 3.8) is 0 Å². The van der Waals surface area contributed by atoms with E-state index in [9.17, 15) is 13.2 Å². The van der Waals surface area contributed by atoms with Crippen LogP contribution < -0.4 is 10.2 Å². The fourth-order valence-corrected chi connectivity index (χ4v) is 6.13. The molecule has 1 aromatic carbocycles. The number of rotatable bonds is 4. The van der Waals surface area contributed by atoms with Crippen molar-refractivity contribution < 1.29 is 13.2 Å². The number of halogens is 3. The third kappa shape index (κ3) is 4.02. The Morgan fingerprint density at radius 1 is 1.00 bits per heavy atom. The van der Waals surface area contributed by atoms with Gasteiger partial charge in [0.05, 0.1) is 17.6 Å². The molecule has 0 spiro atoms. The Morgan fingerprint density at radius 2 is 1.80 bits per heavy atom. The average Bonchev–Trinajstić information content (AvgIpc) is 3.25. The highest BCUT2D eigenvalue weighted by Gasteiger charge is 2.43. The van der Waals surface area contributed by atoms with Crippen LogP contribution in [0, 0.1) is 36.2 Å². The quantitative estimate of drug-likeness (QED) is 0.554. The molecule has 2 fully saturated rings. The predicted octanol–water partition coefficient (Wildman–Crippen LogP) is 4.44. The van der Waals surface area contributed by atoms with Crippen LogP contribution in [0.5, 0.6) is 0 Å². The molecule has 0 amide bonds. The number of piperidine rings is 1. The number of fused-ring (bicyclic) bond motifs is 3. The molecule has 3 aliphatic rings. The lowest BCUT2D eigenvalue weighted by molar-refractivity contribution is 0.376. The Morgan fingerprint density at radius 3 is 2.57 bits per heavy atom. The van der Waals surface area contributed by atoms with Gasteiger partial charge < -0.3 is 10.2 Å². The van der Waals surface area contributed by atoms with Gasteiger partial charge in [0.25, 0.3) is 0 Å². The third-order valence-corrected chi connectivity index (χ3v) is 7.82. The maximum atomic E-state index is 14.7. The van der Waals surface area contributed by atoms with E-state index in [1.807, 2.05) is 17.8 Å². The SMILES string of the molecule is Cc1cc(N2CC3CC[C@@H](C2)[C@@H]3Nc2nc3n(n2)CCCC[C@H]3c2ccc(F)c(F)c2F)cnn1. The Kier molecular flexibility index (Phi) is 5.61. The summed E-state index contributed by atoms with van der Waals surface area (Å²) < 4.78 is 44.0. The van der Waals surface area contributed by atoms with Gasteiger partial charge in [-0.1, -0.05) is 12.5 Å². The topological polar surface area (TPSA) is 71.8 Å². The van der Waals surface area contributed by atoms with Gasteiger partial charge in [-0.15, -0.1) is 5.10 Å². The highest BCUT2D eigenvalue weighted by molar-refractivity contribution is 5.46. The first-order chi connectivity index (χ1) is 17.0. The zero-order valence-electron chi connectivity index (χ0n) is 19.6. The summed E-state index contributed by atoms with van der Waals surface area (Å²) in [5.74, 6) is -2.16. The first kappa shape index (κ1) is 22.3. The van der Waals surface area contributed by atoms with Gasteiger partial charge in [-0.05, 0) is 56.6 Å². The molecule has 1 saturated carbocycles. The van der Waals surface area contributed by atoms with Crippen LogP contribution in [-0.4, -0.2) is 44.1 Å². The highest BCUT2D eigenvalue weighted by atomic mass is 19.2. The van der Waals surface area contributed by atoms with Crippen molar-refractivity contribution >= 4 is 11.6 Å². The zero-order chi connectivity index (χ0) is 24.1. The minimum atomic E-state index is -1.43. The van der Waals surface area contributed by atoms with Crippen molar-refractivity contribution in [1.82, 2.24) is 25.0 Å². The van der Waals surface area contributed by atoms with Crippen LogP contribution >= 0.6 is 0 Å². The number of aryl methyl sites for hydroxylation is 2. The monoisotopic (exact) mass is 483 g/mol. The van der Waals surface area contributed by atoms with Gasteiger partial charge in [0, 0.05) is 37.2 Å². The van der Waals surface area contributed by atoms with Crippen LogP contribution in [-0.2, 0) is 6.54 Å². The second-order valence-corrected chi connectivity index (χ2v) is 10.1. The number of anilines is 2. The molecule has 1 aliphatic carbocycles. The lowest BCUT2D eigenvalue weighted by Gasteiger charge is -2.39. The number of benzene rings is 1. The zero-order valence-corrected chi connectivity index (χ0v) is 19.6. The molecule has 35 heavy (non-hydrogen) atoms. The minimum absolute atomic E-state index is 0.139. The van der Waals surface area contributed by atoms with Crippen molar-refractivity contribution in [3.8, 4) is 0 Å². The molecule has 0 radical (unpaired) electrons.